The van der Waals surface area contributed by atoms with Crippen LogP contribution in [-0.4, -0.2) is 38.7 Å². The van der Waals surface area contributed by atoms with E-state index in [9.17, 15) is 0 Å². The molecular formula is C18H32N2O. The fourth-order valence-electron chi connectivity index (χ4n) is 2.23. The van der Waals surface area contributed by atoms with Gasteiger partial charge in [-0.2, -0.15) is 0 Å². The van der Waals surface area contributed by atoms with Crippen LogP contribution in [0.1, 0.15) is 44.6 Å². The van der Waals surface area contributed by atoms with E-state index in [0.29, 0.717) is 0 Å². The summed E-state index contributed by atoms with van der Waals surface area (Å²) >= 11 is 0. The fraction of sp³-hybridized carbons (Fsp3) is 0.667. The minimum absolute atomic E-state index is 0.827. The maximum absolute atomic E-state index is 5.84. The van der Waals surface area contributed by atoms with Gasteiger partial charge >= 0.3 is 0 Å². The molecule has 1 rings (SSSR count). The molecule has 0 aliphatic rings. The van der Waals surface area contributed by atoms with Crippen LogP contribution in [0.2, 0.25) is 0 Å². The second-order valence-corrected chi connectivity index (χ2v) is 5.89. The number of nitrogens with zero attached hydrogens (tertiary/aromatic N) is 1. The smallest absolute Gasteiger partial charge is 0.119 e. The van der Waals surface area contributed by atoms with Gasteiger partial charge in [0.05, 0.1) is 6.61 Å². The molecule has 0 saturated carbocycles. The van der Waals surface area contributed by atoms with E-state index in [-0.39, 0.29) is 0 Å². The third-order valence-corrected chi connectivity index (χ3v) is 3.42. The Kier molecular flexibility index (Phi) is 9.92. The molecule has 21 heavy (non-hydrogen) atoms. The van der Waals surface area contributed by atoms with Crippen molar-refractivity contribution in [1.82, 2.24) is 10.2 Å². The molecule has 3 nitrogen and oxygen atoms in total. The third-order valence-electron chi connectivity index (χ3n) is 3.42. The van der Waals surface area contributed by atoms with Crippen LogP contribution in [0.25, 0.3) is 0 Å². The first-order valence-electron chi connectivity index (χ1n) is 8.29. The molecule has 0 spiro atoms. The van der Waals surface area contributed by atoms with Crippen LogP contribution in [-0.2, 0) is 6.54 Å². The van der Waals surface area contributed by atoms with Gasteiger partial charge in [0, 0.05) is 6.54 Å². The van der Waals surface area contributed by atoms with E-state index < -0.39 is 0 Å². The molecule has 0 bridgehead atoms. The van der Waals surface area contributed by atoms with Crippen molar-refractivity contribution in [3.05, 3.63) is 29.8 Å². The summed E-state index contributed by atoms with van der Waals surface area (Å²) in [4.78, 5) is 2.24. The lowest BCUT2D eigenvalue weighted by molar-refractivity contribution is 0.301. The van der Waals surface area contributed by atoms with Crippen LogP contribution in [0.5, 0.6) is 5.75 Å². The molecule has 0 radical (unpaired) electrons. The minimum atomic E-state index is 0.827. The average molecular weight is 292 g/mol. The summed E-state index contributed by atoms with van der Waals surface area (Å²) in [5.74, 6) is 0.999. The molecule has 0 saturated heterocycles. The summed E-state index contributed by atoms with van der Waals surface area (Å²) < 4.78 is 5.84. The van der Waals surface area contributed by atoms with Gasteiger partial charge in [0.1, 0.15) is 5.75 Å². The van der Waals surface area contributed by atoms with Crippen molar-refractivity contribution in [2.24, 2.45) is 0 Å². The number of benzene rings is 1. The first kappa shape index (κ1) is 18.0. The molecule has 0 amide bonds. The van der Waals surface area contributed by atoms with Crippen LogP contribution in [0, 0.1) is 0 Å². The first-order chi connectivity index (χ1) is 10.2. The zero-order valence-electron chi connectivity index (χ0n) is 14.0. The largest absolute Gasteiger partial charge is 0.494 e. The van der Waals surface area contributed by atoms with Crippen molar-refractivity contribution in [1.29, 1.82) is 0 Å². The van der Waals surface area contributed by atoms with E-state index in [1.165, 1.54) is 37.8 Å². The molecular weight excluding hydrogens is 260 g/mol. The van der Waals surface area contributed by atoms with E-state index >= 15 is 0 Å². The number of unbranched alkanes of at least 4 members (excludes halogenated alkanes) is 3. The molecule has 1 aromatic carbocycles. The van der Waals surface area contributed by atoms with Crippen molar-refractivity contribution in [2.75, 3.05) is 33.8 Å². The Morgan fingerprint density at radius 2 is 1.90 bits per heavy atom. The molecule has 0 heterocycles. The topological polar surface area (TPSA) is 24.5 Å². The molecule has 0 unspecified atom stereocenters. The maximum Gasteiger partial charge on any atom is 0.119 e. The zero-order chi connectivity index (χ0) is 15.3. The molecule has 120 valence electrons. The van der Waals surface area contributed by atoms with Crippen molar-refractivity contribution in [3.63, 3.8) is 0 Å². The van der Waals surface area contributed by atoms with Gasteiger partial charge < -0.3 is 15.0 Å². The lowest BCUT2D eigenvalue weighted by atomic mass is 10.2. The maximum atomic E-state index is 5.84. The molecule has 1 aromatic rings. The van der Waals surface area contributed by atoms with Crippen molar-refractivity contribution in [3.8, 4) is 5.75 Å². The zero-order valence-corrected chi connectivity index (χ0v) is 14.0. The number of nitrogens with one attached hydrogen (secondary N) is 1. The van der Waals surface area contributed by atoms with E-state index in [4.69, 9.17) is 4.74 Å². The number of ether oxygens (including phenoxy) is 1. The van der Waals surface area contributed by atoms with Crippen LogP contribution in [0.4, 0.5) is 0 Å². The normalized spacial score (nSPS) is 11.0. The highest BCUT2D eigenvalue weighted by molar-refractivity contribution is 5.28. The van der Waals surface area contributed by atoms with Crippen LogP contribution in [0.3, 0.4) is 0 Å². The van der Waals surface area contributed by atoms with Gasteiger partial charge in [-0.3, -0.25) is 0 Å². The number of rotatable bonds is 12. The van der Waals surface area contributed by atoms with Gasteiger partial charge in [-0.1, -0.05) is 31.9 Å². The van der Waals surface area contributed by atoms with Crippen LogP contribution in [0.15, 0.2) is 24.3 Å². The fourth-order valence-corrected chi connectivity index (χ4v) is 2.23. The summed E-state index contributed by atoms with van der Waals surface area (Å²) in [6.45, 7) is 6.19. The minimum Gasteiger partial charge on any atom is -0.494 e. The monoisotopic (exact) mass is 292 g/mol. The summed E-state index contributed by atoms with van der Waals surface area (Å²) in [6, 6.07) is 8.43. The van der Waals surface area contributed by atoms with Gasteiger partial charge in [-0.25, -0.2) is 0 Å². The highest BCUT2D eigenvalue weighted by Gasteiger charge is 1.98. The Bertz CT molecular complexity index is 366. The predicted molar refractivity (Wildman–Crippen MR) is 91.0 cm³/mol. The lowest BCUT2D eigenvalue weighted by Crippen LogP contribution is -2.13. The van der Waals surface area contributed by atoms with E-state index in [0.717, 1.165) is 31.9 Å². The summed E-state index contributed by atoms with van der Waals surface area (Å²) in [5, 5.41) is 3.42. The van der Waals surface area contributed by atoms with Crippen molar-refractivity contribution >= 4 is 0 Å². The predicted octanol–water partition coefficient (Wildman–Crippen LogP) is 3.69. The summed E-state index contributed by atoms with van der Waals surface area (Å²) in [5.41, 5.74) is 1.30. The SMILES string of the molecule is CCCNCc1cccc(OCCCCCCN(C)C)c1. The molecule has 0 aliphatic heterocycles. The first-order valence-corrected chi connectivity index (χ1v) is 8.29. The van der Waals surface area contributed by atoms with Gasteiger partial charge in [0.2, 0.25) is 0 Å². The standard InChI is InChI=1S/C18H32N2O/c1-4-12-19-16-17-10-9-11-18(15-17)21-14-8-6-5-7-13-20(2)3/h9-11,15,19H,4-8,12-14,16H2,1-3H3. The second kappa shape index (κ2) is 11.6. The van der Waals surface area contributed by atoms with Crippen molar-refractivity contribution in [2.45, 2.75) is 45.6 Å². The van der Waals surface area contributed by atoms with E-state index in [2.05, 4.69) is 55.5 Å². The molecule has 0 aliphatic carbocycles. The lowest BCUT2D eigenvalue weighted by Gasteiger charge is -2.10. The molecule has 3 heteroatoms. The van der Waals surface area contributed by atoms with Gasteiger partial charge in [0.15, 0.2) is 0 Å². The summed E-state index contributed by atoms with van der Waals surface area (Å²) in [7, 11) is 4.26. The molecule has 0 fully saturated rings. The van der Waals surface area contributed by atoms with Gasteiger partial charge in [-0.15, -0.1) is 0 Å². The Morgan fingerprint density at radius 3 is 2.67 bits per heavy atom. The highest BCUT2D eigenvalue weighted by atomic mass is 16.5. The second-order valence-electron chi connectivity index (χ2n) is 5.89. The molecule has 0 aromatic heterocycles. The number of hydrogen-bond acceptors (Lipinski definition) is 3. The number of hydrogen-bond donors (Lipinski definition) is 1. The van der Waals surface area contributed by atoms with E-state index in [1.807, 2.05) is 0 Å². The average Bonchev–Trinajstić information content (AvgIpc) is 2.47. The van der Waals surface area contributed by atoms with Crippen LogP contribution >= 0.6 is 0 Å². The Hall–Kier alpha value is -1.06. The van der Waals surface area contributed by atoms with Gasteiger partial charge in [-0.05, 0) is 64.1 Å². The third kappa shape index (κ3) is 9.48. The Balaban J connectivity index is 2.12. The highest BCUT2D eigenvalue weighted by Crippen LogP contribution is 2.14. The van der Waals surface area contributed by atoms with Crippen molar-refractivity contribution < 1.29 is 4.74 Å². The Morgan fingerprint density at radius 1 is 1.10 bits per heavy atom. The molecule has 0 atom stereocenters. The Labute approximate surface area is 130 Å². The van der Waals surface area contributed by atoms with E-state index in [1.54, 1.807) is 0 Å². The quantitative estimate of drug-likeness (QED) is 0.595. The molecule has 1 N–H and O–H groups in total. The summed E-state index contributed by atoms with van der Waals surface area (Å²) in [6.07, 6.45) is 6.15. The van der Waals surface area contributed by atoms with Gasteiger partial charge in [0.25, 0.3) is 0 Å². The van der Waals surface area contributed by atoms with Crippen LogP contribution < -0.4 is 10.1 Å².